The molecule has 0 aliphatic rings. The predicted molar refractivity (Wildman–Crippen MR) is 68.2 cm³/mol. The van der Waals surface area contributed by atoms with E-state index in [1.165, 1.54) is 5.56 Å². The molecule has 0 saturated carbocycles. The topological polar surface area (TPSA) is 23.5 Å². The maximum atomic E-state index is 9.71. The summed E-state index contributed by atoms with van der Waals surface area (Å²) in [6, 6.07) is 10.4. The Kier molecular flexibility index (Phi) is 5.50. The largest absolute Gasteiger partial charge is 0.393 e. The number of nitrogens with zero attached hydrogens (tertiary/aromatic N) is 1. The SMILES string of the molecule is CC(C)C(O)CCN(C)Cc1ccccc1. The highest BCUT2D eigenvalue weighted by molar-refractivity contribution is 5.14. The van der Waals surface area contributed by atoms with E-state index in [4.69, 9.17) is 0 Å². The van der Waals surface area contributed by atoms with Gasteiger partial charge in [0.15, 0.2) is 0 Å². The van der Waals surface area contributed by atoms with Crippen LogP contribution >= 0.6 is 0 Å². The summed E-state index contributed by atoms with van der Waals surface area (Å²) in [6.07, 6.45) is 0.666. The third kappa shape index (κ3) is 4.77. The number of aliphatic hydroxyl groups is 1. The predicted octanol–water partition coefficient (Wildman–Crippen LogP) is 2.53. The zero-order valence-corrected chi connectivity index (χ0v) is 10.6. The second-order valence-electron chi connectivity index (χ2n) is 4.82. The fraction of sp³-hybridized carbons (Fsp3) is 0.571. The van der Waals surface area contributed by atoms with E-state index < -0.39 is 0 Å². The van der Waals surface area contributed by atoms with Crippen LogP contribution in [0.1, 0.15) is 25.8 Å². The molecule has 0 bridgehead atoms. The molecule has 0 radical (unpaired) electrons. The number of hydrogen-bond donors (Lipinski definition) is 1. The van der Waals surface area contributed by atoms with Gasteiger partial charge in [0, 0.05) is 13.1 Å². The first-order valence-electron chi connectivity index (χ1n) is 6.00. The van der Waals surface area contributed by atoms with Crippen molar-refractivity contribution in [3.05, 3.63) is 35.9 Å². The van der Waals surface area contributed by atoms with Crippen molar-refractivity contribution in [2.75, 3.05) is 13.6 Å². The molecule has 16 heavy (non-hydrogen) atoms. The van der Waals surface area contributed by atoms with Gasteiger partial charge in [-0.25, -0.2) is 0 Å². The van der Waals surface area contributed by atoms with Gasteiger partial charge in [0.25, 0.3) is 0 Å². The zero-order chi connectivity index (χ0) is 12.0. The van der Waals surface area contributed by atoms with Gasteiger partial charge < -0.3 is 10.0 Å². The molecule has 1 aromatic carbocycles. The summed E-state index contributed by atoms with van der Waals surface area (Å²) in [5.41, 5.74) is 1.32. The van der Waals surface area contributed by atoms with Crippen LogP contribution < -0.4 is 0 Å². The summed E-state index contributed by atoms with van der Waals surface area (Å²) in [5.74, 6) is 0.352. The van der Waals surface area contributed by atoms with Crippen LogP contribution in [0.4, 0.5) is 0 Å². The molecule has 1 unspecified atom stereocenters. The molecule has 1 aromatic rings. The van der Waals surface area contributed by atoms with E-state index in [2.05, 4.69) is 50.1 Å². The van der Waals surface area contributed by atoms with E-state index in [-0.39, 0.29) is 6.10 Å². The Morgan fingerprint density at radius 3 is 2.38 bits per heavy atom. The molecular formula is C14H23NO. The van der Waals surface area contributed by atoms with Gasteiger partial charge in [0.05, 0.1) is 6.10 Å². The highest BCUT2D eigenvalue weighted by Gasteiger charge is 2.10. The Morgan fingerprint density at radius 1 is 1.19 bits per heavy atom. The molecule has 0 amide bonds. The summed E-state index contributed by atoms with van der Waals surface area (Å²) in [5, 5.41) is 9.71. The first kappa shape index (κ1) is 13.2. The van der Waals surface area contributed by atoms with E-state index in [1.807, 2.05) is 6.07 Å². The summed E-state index contributed by atoms with van der Waals surface area (Å²) < 4.78 is 0. The summed E-state index contributed by atoms with van der Waals surface area (Å²) >= 11 is 0. The second kappa shape index (κ2) is 6.66. The summed E-state index contributed by atoms with van der Waals surface area (Å²) in [4.78, 5) is 2.25. The molecule has 1 rings (SSSR count). The summed E-state index contributed by atoms with van der Waals surface area (Å²) in [6.45, 7) is 6.00. The van der Waals surface area contributed by atoms with Crippen molar-refractivity contribution in [1.29, 1.82) is 0 Å². The molecule has 0 heterocycles. The number of aliphatic hydroxyl groups excluding tert-OH is 1. The van der Waals surface area contributed by atoms with Gasteiger partial charge in [-0.15, -0.1) is 0 Å². The van der Waals surface area contributed by atoms with E-state index in [9.17, 15) is 5.11 Å². The molecule has 0 saturated heterocycles. The van der Waals surface area contributed by atoms with Crippen LogP contribution in [0.25, 0.3) is 0 Å². The minimum atomic E-state index is -0.182. The first-order valence-corrected chi connectivity index (χ1v) is 6.00. The Balaban J connectivity index is 2.29. The quantitative estimate of drug-likeness (QED) is 0.798. The monoisotopic (exact) mass is 221 g/mol. The molecule has 90 valence electrons. The van der Waals surface area contributed by atoms with Crippen molar-refractivity contribution in [2.45, 2.75) is 32.9 Å². The lowest BCUT2D eigenvalue weighted by Gasteiger charge is -2.20. The maximum Gasteiger partial charge on any atom is 0.0575 e. The van der Waals surface area contributed by atoms with Gasteiger partial charge in [0.1, 0.15) is 0 Å². The van der Waals surface area contributed by atoms with E-state index >= 15 is 0 Å². The number of hydrogen-bond acceptors (Lipinski definition) is 2. The molecule has 0 fully saturated rings. The average molecular weight is 221 g/mol. The minimum absolute atomic E-state index is 0.182. The van der Waals surface area contributed by atoms with Gasteiger partial charge in [-0.05, 0) is 24.9 Å². The zero-order valence-electron chi connectivity index (χ0n) is 10.6. The Bertz CT molecular complexity index is 284. The van der Waals surface area contributed by atoms with Crippen LogP contribution in [0.3, 0.4) is 0 Å². The third-order valence-electron chi connectivity index (χ3n) is 2.87. The van der Waals surface area contributed by atoms with Crippen molar-refractivity contribution < 1.29 is 5.11 Å². The maximum absolute atomic E-state index is 9.71. The van der Waals surface area contributed by atoms with E-state index in [1.54, 1.807) is 0 Å². The molecular weight excluding hydrogens is 198 g/mol. The molecule has 0 aromatic heterocycles. The van der Waals surface area contributed by atoms with Crippen LogP contribution in [0.5, 0.6) is 0 Å². The van der Waals surface area contributed by atoms with Crippen LogP contribution in [-0.2, 0) is 6.54 Å². The van der Waals surface area contributed by atoms with Gasteiger partial charge >= 0.3 is 0 Å². The Morgan fingerprint density at radius 2 is 1.81 bits per heavy atom. The fourth-order valence-electron chi connectivity index (χ4n) is 1.66. The lowest BCUT2D eigenvalue weighted by molar-refractivity contribution is 0.103. The lowest BCUT2D eigenvalue weighted by Crippen LogP contribution is -2.25. The highest BCUT2D eigenvalue weighted by Crippen LogP contribution is 2.08. The van der Waals surface area contributed by atoms with Gasteiger partial charge in [0.2, 0.25) is 0 Å². The Hall–Kier alpha value is -0.860. The van der Waals surface area contributed by atoms with Gasteiger partial charge in [-0.3, -0.25) is 0 Å². The van der Waals surface area contributed by atoms with Crippen LogP contribution in [0.15, 0.2) is 30.3 Å². The molecule has 0 spiro atoms. The first-order chi connectivity index (χ1) is 7.59. The summed E-state index contributed by atoms with van der Waals surface area (Å²) in [7, 11) is 2.10. The van der Waals surface area contributed by atoms with E-state index in [0.29, 0.717) is 5.92 Å². The lowest BCUT2D eigenvalue weighted by atomic mass is 10.0. The van der Waals surface area contributed by atoms with Crippen molar-refractivity contribution in [1.82, 2.24) is 4.90 Å². The minimum Gasteiger partial charge on any atom is -0.393 e. The van der Waals surface area contributed by atoms with Crippen LogP contribution in [-0.4, -0.2) is 29.7 Å². The number of benzene rings is 1. The molecule has 2 nitrogen and oxygen atoms in total. The van der Waals surface area contributed by atoms with Crippen LogP contribution in [0, 0.1) is 5.92 Å². The molecule has 2 heteroatoms. The molecule has 1 atom stereocenters. The number of rotatable bonds is 6. The normalized spacial score (nSPS) is 13.4. The standard InChI is InChI=1S/C14H23NO/c1-12(2)14(16)9-10-15(3)11-13-7-5-4-6-8-13/h4-8,12,14,16H,9-11H2,1-3H3. The molecule has 1 N–H and O–H groups in total. The van der Waals surface area contributed by atoms with Gasteiger partial charge in [-0.2, -0.15) is 0 Å². The van der Waals surface area contributed by atoms with Crippen molar-refractivity contribution in [3.63, 3.8) is 0 Å². The smallest absolute Gasteiger partial charge is 0.0575 e. The molecule has 0 aliphatic heterocycles. The van der Waals surface area contributed by atoms with Crippen molar-refractivity contribution in [2.24, 2.45) is 5.92 Å². The second-order valence-corrected chi connectivity index (χ2v) is 4.82. The van der Waals surface area contributed by atoms with Crippen molar-refractivity contribution >= 4 is 0 Å². The van der Waals surface area contributed by atoms with Crippen molar-refractivity contribution in [3.8, 4) is 0 Å². The third-order valence-corrected chi connectivity index (χ3v) is 2.87. The van der Waals surface area contributed by atoms with Gasteiger partial charge in [-0.1, -0.05) is 44.2 Å². The Labute approximate surface area is 98.9 Å². The van der Waals surface area contributed by atoms with E-state index in [0.717, 1.165) is 19.5 Å². The fourth-order valence-corrected chi connectivity index (χ4v) is 1.66. The highest BCUT2D eigenvalue weighted by atomic mass is 16.3. The molecule has 0 aliphatic carbocycles. The average Bonchev–Trinajstić information content (AvgIpc) is 2.27. The van der Waals surface area contributed by atoms with Crippen LogP contribution in [0.2, 0.25) is 0 Å².